The van der Waals surface area contributed by atoms with Crippen molar-refractivity contribution >= 4 is 11.8 Å². The summed E-state index contributed by atoms with van der Waals surface area (Å²) >= 11 is 0. The average molecular weight is 330 g/mol. The Labute approximate surface area is 148 Å². The van der Waals surface area contributed by atoms with Gasteiger partial charge in [-0.2, -0.15) is 4.98 Å². The quantitative estimate of drug-likeness (QED) is 0.691. The van der Waals surface area contributed by atoms with Crippen LogP contribution in [-0.2, 0) is 6.54 Å². The van der Waals surface area contributed by atoms with Gasteiger partial charge in [-0.1, -0.05) is 54.6 Å². The predicted molar refractivity (Wildman–Crippen MR) is 103 cm³/mol. The van der Waals surface area contributed by atoms with Crippen molar-refractivity contribution in [3.8, 4) is 11.3 Å². The zero-order valence-electron chi connectivity index (χ0n) is 14.4. The first kappa shape index (κ1) is 15.6. The SMILES string of the molecule is Cc1ccccc1CNc1cc(-c2ccccc2)nc(NC2CC2)n1. The molecule has 2 aromatic carbocycles. The molecule has 0 unspecified atom stereocenters. The van der Waals surface area contributed by atoms with Crippen molar-refractivity contribution in [2.75, 3.05) is 10.6 Å². The maximum atomic E-state index is 4.69. The van der Waals surface area contributed by atoms with E-state index in [2.05, 4.69) is 58.9 Å². The van der Waals surface area contributed by atoms with Crippen molar-refractivity contribution in [3.63, 3.8) is 0 Å². The van der Waals surface area contributed by atoms with Crippen LogP contribution in [0.5, 0.6) is 0 Å². The molecule has 1 heterocycles. The zero-order valence-corrected chi connectivity index (χ0v) is 14.4. The Morgan fingerprint density at radius 2 is 1.72 bits per heavy atom. The Balaban J connectivity index is 1.60. The second kappa shape index (κ2) is 6.93. The van der Waals surface area contributed by atoms with Gasteiger partial charge in [-0.15, -0.1) is 0 Å². The lowest BCUT2D eigenvalue weighted by Gasteiger charge is -2.12. The minimum absolute atomic E-state index is 0.523. The third kappa shape index (κ3) is 3.97. The molecule has 3 aromatic rings. The molecule has 25 heavy (non-hydrogen) atoms. The van der Waals surface area contributed by atoms with Crippen LogP contribution in [0.25, 0.3) is 11.3 Å². The number of aromatic nitrogens is 2. The minimum atomic E-state index is 0.523. The van der Waals surface area contributed by atoms with Crippen LogP contribution < -0.4 is 10.6 Å². The van der Waals surface area contributed by atoms with Gasteiger partial charge in [-0.3, -0.25) is 0 Å². The minimum Gasteiger partial charge on any atom is -0.366 e. The van der Waals surface area contributed by atoms with Gasteiger partial charge in [0.15, 0.2) is 0 Å². The van der Waals surface area contributed by atoms with Crippen LogP contribution in [0.4, 0.5) is 11.8 Å². The van der Waals surface area contributed by atoms with E-state index in [0.717, 1.165) is 23.6 Å². The predicted octanol–water partition coefficient (Wildman–Crippen LogP) is 4.64. The van der Waals surface area contributed by atoms with Gasteiger partial charge in [0.05, 0.1) is 5.69 Å². The lowest BCUT2D eigenvalue weighted by Crippen LogP contribution is -2.09. The van der Waals surface area contributed by atoms with E-state index in [1.165, 1.54) is 24.0 Å². The van der Waals surface area contributed by atoms with Gasteiger partial charge in [0.1, 0.15) is 5.82 Å². The van der Waals surface area contributed by atoms with Gasteiger partial charge in [0.25, 0.3) is 0 Å². The zero-order chi connectivity index (χ0) is 17.1. The van der Waals surface area contributed by atoms with Gasteiger partial charge in [-0.05, 0) is 30.9 Å². The van der Waals surface area contributed by atoms with E-state index in [9.17, 15) is 0 Å². The smallest absolute Gasteiger partial charge is 0.225 e. The van der Waals surface area contributed by atoms with Gasteiger partial charge in [-0.25, -0.2) is 4.98 Å². The molecule has 0 spiro atoms. The van der Waals surface area contributed by atoms with E-state index in [4.69, 9.17) is 4.98 Å². The van der Waals surface area contributed by atoms with Crippen LogP contribution in [0.15, 0.2) is 60.7 Å². The van der Waals surface area contributed by atoms with Gasteiger partial charge >= 0.3 is 0 Å². The van der Waals surface area contributed by atoms with Crippen molar-refractivity contribution in [1.82, 2.24) is 9.97 Å². The third-order valence-corrected chi connectivity index (χ3v) is 4.43. The van der Waals surface area contributed by atoms with Gasteiger partial charge in [0.2, 0.25) is 5.95 Å². The third-order valence-electron chi connectivity index (χ3n) is 4.43. The topological polar surface area (TPSA) is 49.8 Å². The molecule has 126 valence electrons. The molecule has 4 nitrogen and oxygen atoms in total. The second-order valence-electron chi connectivity index (χ2n) is 6.53. The molecule has 1 aliphatic carbocycles. The van der Waals surface area contributed by atoms with Crippen LogP contribution in [0.1, 0.15) is 24.0 Å². The molecule has 1 saturated carbocycles. The Bertz CT molecular complexity index is 857. The Hall–Kier alpha value is -2.88. The normalized spacial score (nSPS) is 13.5. The van der Waals surface area contributed by atoms with Crippen molar-refractivity contribution in [3.05, 3.63) is 71.8 Å². The number of rotatable bonds is 6. The summed E-state index contributed by atoms with van der Waals surface area (Å²) in [4.78, 5) is 9.34. The molecule has 0 amide bonds. The van der Waals surface area contributed by atoms with E-state index in [1.807, 2.05) is 24.3 Å². The summed E-state index contributed by atoms with van der Waals surface area (Å²) in [5, 5.41) is 6.87. The summed E-state index contributed by atoms with van der Waals surface area (Å²) in [5.41, 5.74) is 4.59. The number of anilines is 2. The molecule has 0 saturated heterocycles. The lowest BCUT2D eigenvalue weighted by molar-refractivity contribution is 1.03. The summed E-state index contributed by atoms with van der Waals surface area (Å²) in [6.07, 6.45) is 2.40. The van der Waals surface area contributed by atoms with Gasteiger partial charge < -0.3 is 10.6 Å². The molecule has 1 aliphatic rings. The van der Waals surface area contributed by atoms with E-state index in [0.29, 0.717) is 12.0 Å². The molecule has 0 bridgehead atoms. The van der Waals surface area contributed by atoms with Gasteiger partial charge in [0, 0.05) is 24.2 Å². The average Bonchev–Trinajstić information content (AvgIpc) is 3.46. The van der Waals surface area contributed by atoms with Crippen molar-refractivity contribution in [2.45, 2.75) is 32.4 Å². The van der Waals surface area contributed by atoms with Crippen LogP contribution in [-0.4, -0.2) is 16.0 Å². The molecule has 0 atom stereocenters. The highest BCUT2D eigenvalue weighted by molar-refractivity contribution is 5.64. The van der Waals surface area contributed by atoms with Crippen molar-refractivity contribution in [1.29, 1.82) is 0 Å². The van der Waals surface area contributed by atoms with Crippen molar-refractivity contribution in [2.24, 2.45) is 0 Å². The number of nitrogens with one attached hydrogen (secondary N) is 2. The maximum Gasteiger partial charge on any atom is 0.225 e. The van der Waals surface area contributed by atoms with E-state index < -0.39 is 0 Å². The van der Waals surface area contributed by atoms with Crippen LogP contribution in [0.3, 0.4) is 0 Å². The molecule has 0 aliphatic heterocycles. The molecule has 4 heteroatoms. The van der Waals surface area contributed by atoms with Crippen LogP contribution in [0, 0.1) is 6.92 Å². The highest BCUT2D eigenvalue weighted by Gasteiger charge is 2.22. The Morgan fingerprint density at radius 3 is 2.48 bits per heavy atom. The van der Waals surface area contributed by atoms with Crippen LogP contribution >= 0.6 is 0 Å². The molecule has 0 radical (unpaired) electrons. The van der Waals surface area contributed by atoms with E-state index >= 15 is 0 Å². The van der Waals surface area contributed by atoms with E-state index in [1.54, 1.807) is 0 Å². The van der Waals surface area contributed by atoms with Crippen LogP contribution in [0.2, 0.25) is 0 Å². The second-order valence-corrected chi connectivity index (χ2v) is 6.53. The first-order valence-electron chi connectivity index (χ1n) is 8.77. The Kier molecular flexibility index (Phi) is 4.34. The lowest BCUT2D eigenvalue weighted by atomic mass is 10.1. The summed E-state index contributed by atoms with van der Waals surface area (Å²) < 4.78 is 0. The van der Waals surface area contributed by atoms with Crippen molar-refractivity contribution < 1.29 is 0 Å². The highest BCUT2D eigenvalue weighted by Crippen LogP contribution is 2.26. The number of aryl methyl sites for hydroxylation is 1. The molecule has 1 aromatic heterocycles. The molecule has 4 rings (SSSR count). The standard InChI is InChI=1S/C21H22N4/c1-15-7-5-6-10-17(15)14-22-20-13-19(16-8-3-2-4-9-16)24-21(25-20)23-18-11-12-18/h2-10,13,18H,11-12,14H2,1H3,(H2,22,23,24,25). The highest BCUT2D eigenvalue weighted by atomic mass is 15.2. The number of hydrogen-bond donors (Lipinski definition) is 2. The maximum absolute atomic E-state index is 4.69. The monoisotopic (exact) mass is 330 g/mol. The molecular weight excluding hydrogens is 308 g/mol. The fraction of sp³-hybridized carbons (Fsp3) is 0.238. The molecule has 1 fully saturated rings. The van der Waals surface area contributed by atoms with E-state index in [-0.39, 0.29) is 0 Å². The number of nitrogens with zero attached hydrogens (tertiary/aromatic N) is 2. The number of hydrogen-bond acceptors (Lipinski definition) is 4. The largest absolute Gasteiger partial charge is 0.366 e. The first-order valence-corrected chi connectivity index (χ1v) is 8.77. The first-order chi connectivity index (χ1) is 12.3. The summed E-state index contributed by atoms with van der Waals surface area (Å²) in [6.45, 7) is 2.88. The number of benzene rings is 2. The summed E-state index contributed by atoms with van der Waals surface area (Å²) in [6, 6.07) is 21.2. The summed E-state index contributed by atoms with van der Waals surface area (Å²) in [7, 11) is 0. The fourth-order valence-electron chi connectivity index (χ4n) is 2.76. The summed E-state index contributed by atoms with van der Waals surface area (Å²) in [5.74, 6) is 1.55. The molecular formula is C21H22N4. The molecule has 2 N–H and O–H groups in total. The fourth-order valence-corrected chi connectivity index (χ4v) is 2.76. The Morgan fingerprint density at radius 1 is 0.960 bits per heavy atom.